The van der Waals surface area contributed by atoms with E-state index in [1.165, 1.54) is 17.8 Å². The van der Waals surface area contributed by atoms with Crippen LogP contribution in [0, 0.1) is 6.92 Å². The van der Waals surface area contributed by atoms with Crippen molar-refractivity contribution in [2.24, 2.45) is 0 Å². The number of aromatic nitrogens is 1. The van der Waals surface area contributed by atoms with Gasteiger partial charge in [-0.15, -0.1) is 0 Å². The molecule has 144 valence electrons. The maximum Gasteiger partial charge on any atom is 0.276 e. The van der Waals surface area contributed by atoms with Crippen molar-refractivity contribution in [3.05, 3.63) is 39.7 Å². The number of likely N-dealkylation sites (tertiary alicyclic amines) is 2. The molecule has 2 fully saturated rings. The number of hydrogen-bond donors (Lipinski definition) is 0. The van der Waals surface area contributed by atoms with Crippen molar-refractivity contribution in [1.82, 2.24) is 14.8 Å². The van der Waals surface area contributed by atoms with E-state index >= 15 is 0 Å². The molecule has 0 aliphatic carbocycles. The van der Waals surface area contributed by atoms with Gasteiger partial charge in [0.25, 0.3) is 11.8 Å². The molecule has 0 radical (unpaired) electrons. The van der Waals surface area contributed by atoms with Gasteiger partial charge in [-0.3, -0.25) is 9.59 Å². The molecule has 0 atom stereocenters. The molecule has 2 aromatic heterocycles. The zero-order valence-electron chi connectivity index (χ0n) is 15.6. The highest BCUT2D eigenvalue weighted by Gasteiger charge is 2.30. The molecule has 0 N–H and O–H groups in total. The van der Waals surface area contributed by atoms with Crippen LogP contribution in [0.4, 0.5) is 0 Å². The molecule has 0 spiro atoms. The van der Waals surface area contributed by atoms with Gasteiger partial charge in [-0.05, 0) is 50.5 Å². The second kappa shape index (κ2) is 7.84. The first kappa shape index (κ1) is 18.2. The monoisotopic (exact) mass is 387 g/mol. The molecule has 6 nitrogen and oxygen atoms in total. The lowest BCUT2D eigenvalue weighted by atomic mass is 9.96. The third-order valence-electron chi connectivity index (χ3n) is 5.56. The minimum absolute atomic E-state index is 0.00716. The second-order valence-corrected chi connectivity index (χ2v) is 8.17. The average molecular weight is 388 g/mol. The highest BCUT2D eigenvalue weighted by molar-refractivity contribution is 7.08. The van der Waals surface area contributed by atoms with Crippen molar-refractivity contribution < 1.29 is 14.0 Å². The highest BCUT2D eigenvalue weighted by atomic mass is 32.1. The van der Waals surface area contributed by atoms with Crippen molar-refractivity contribution in [1.29, 1.82) is 0 Å². The summed E-state index contributed by atoms with van der Waals surface area (Å²) in [6.07, 6.45) is 4.94. The number of thiophene rings is 1. The Morgan fingerprint density at radius 2 is 1.78 bits per heavy atom. The van der Waals surface area contributed by atoms with E-state index in [0.717, 1.165) is 44.3 Å². The maximum atomic E-state index is 12.7. The fourth-order valence-corrected chi connectivity index (χ4v) is 4.56. The Morgan fingerprint density at radius 3 is 2.44 bits per heavy atom. The minimum Gasteiger partial charge on any atom is -0.445 e. The molecule has 4 heterocycles. The van der Waals surface area contributed by atoms with Gasteiger partial charge < -0.3 is 14.2 Å². The summed E-state index contributed by atoms with van der Waals surface area (Å²) >= 11 is 1.54. The zero-order valence-corrected chi connectivity index (χ0v) is 16.5. The quantitative estimate of drug-likeness (QED) is 0.806. The van der Waals surface area contributed by atoms with Gasteiger partial charge in [0, 0.05) is 37.5 Å². The summed E-state index contributed by atoms with van der Waals surface area (Å²) in [5.41, 5.74) is 1.23. The van der Waals surface area contributed by atoms with Crippen molar-refractivity contribution in [3.8, 4) is 0 Å². The molecule has 27 heavy (non-hydrogen) atoms. The van der Waals surface area contributed by atoms with Crippen LogP contribution < -0.4 is 0 Å². The number of nitrogens with zero attached hydrogens (tertiary/aromatic N) is 3. The van der Waals surface area contributed by atoms with Gasteiger partial charge in [-0.25, -0.2) is 4.98 Å². The number of aryl methyl sites for hydroxylation is 1. The van der Waals surface area contributed by atoms with Gasteiger partial charge in [0.2, 0.25) is 0 Å². The lowest BCUT2D eigenvalue weighted by Gasteiger charge is -2.30. The van der Waals surface area contributed by atoms with Gasteiger partial charge in [0.1, 0.15) is 5.76 Å². The summed E-state index contributed by atoms with van der Waals surface area (Å²) < 4.78 is 5.87. The number of carbonyl (C=O) groups excluding carboxylic acids is 2. The van der Waals surface area contributed by atoms with Crippen LogP contribution in [-0.4, -0.2) is 52.8 Å². The van der Waals surface area contributed by atoms with E-state index in [1.807, 2.05) is 33.6 Å². The van der Waals surface area contributed by atoms with E-state index in [0.29, 0.717) is 30.4 Å². The maximum absolute atomic E-state index is 12.7. The third-order valence-corrected chi connectivity index (χ3v) is 6.24. The lowest BCUT2D eigenvalue weighted by Crippen LogP contribution is -2.38. The molecule has 0 aromatic carbocycles. The van der Waals surface area contributed by atoms with E-state index in [-0.39, 0.29) is 17.7 Å². The molecule has 2 saturated heterocycles. The van der Waals surface area contributed by atoms with Crippen LogP contribution >= 0.6 is 11.3 Å². The van der Waals surface area contributed by atoms with Crippen molar-refractivity contribution in [2.45, 2.75) is 44.9 Å². The number of hydrogen-bond acceptors (Lipinski definition) is 5. The van der Waals surface area contributed by atoms with Gasteiger partial charge in [0.15, 0.2) is 11.6 Å². The van der Waals surface area contributed by atoms with E-state index in [9.17, 15) is 9.59 Å². The van der Waals surface area contributed by atoms with Crippen LogP contribution in [0.5, 0.6) is 0 Å². The largest absolute Gasteiger partial charge is 0.445 e. The standard InChI is InChI=1S/C20H25N3O3S/c1-14-17(20(25)22-8-3-2-4-9-22)21-18(26-14)15-5-10-23(11-6-15)19(24)16-7-12-27-13-16/h7,12-13,15H,2-6,8-11H2,1H3. The zero-order chi connectivity index (χ0) is 18.8. The van der Waals surface area contributed by atoms with Gasteiger partial charge in [0.05, 0.1) is 5.56 Å². The van der Waals surface area contributed by atoms with E-state index < -0.39 is 0 Å². The Morgan fingerprint density at radius 1 is 1.07 bits per heavy atom. The highest BCUT2D eigenvalue weighted by Crippen LogP contribution is 2.30. The Kier molecular flexibility index (Phi) is 5.29. The molecule has 7 heteroatoms. The van der Waals surface area contributed by atoms with Crippen LogP contribution in [-0.2, 0) is 0 Å². The summed E-state index contributed by atoms with van der Waals surface area (Å²) in [6.45, 7) is 4.82. The minimum atomic E-state index is -0.00716. The molecule has 0 bridgehead atoms. The first-order valence-corrected chi connectivity index (χ1v) is 10.7. The van der Waals surface area contributed by atoms with Crippen LogP contribution in [0.1, 0.15) is 70.5 Å². The Labute approximate surface area is 163 Å². The van der Waals surface area contributed by atoms with Crippen LogP contribution in [0.3, 0.4) is 0 Å². The molecule has 0 saturated carbocycles. The number of amides is 2. The number of carbonyl (C=O) groups is 2. The smallest absolute Gasteiger partial charge is 0.276 e. The Balaban J connectivity index is 1.40. The average Bonchev–Trinajstić information content (AvgIpc) is 3.38. The third kappa shape index (κ3) is 3.78. The fourth-order valence-electron chi connectivity index (χ4n) is 3.93. The lowest BCUT2D eigenvalue weighted by molar-refractivity contribution is 0.0704. The van der Waals surface area contributed by atoms with E-state index in [4.69, 9.17) is 4.42 Å². The number of rotatable bonds is 3. The fraction of sp³-hybridized carbons (Fsp3) is 0.550. The molecular formula is C20H25N3O3S. The topological polar surface area (TPSA) is 66.7 Å². The predicted octanol–water partition coefficient (Wildman–Crippen LogP) is 3.69. The van der Waals surface area contributed by atoms with E-state index in [1.54, 1.807) is 0 Å². The Bertz CT molecular complexity index is 801. The first-order valence-electron chi connectivity index (χ1n) is 9.71. The second-order valence-electron chi connectivity index (χ2n) is 7.39. The number of oxazole rings is 1. The molecule has 4 rings (SSSR count). The normalized spacial score (nSPS) is 18.7. The summed E-state index contributed by atoms with van der Waals surface area (Å²) in [4.78, 5) is 33.6. The molecule has 2 amide bonds. The van der Waals surface area contributed by atoms with Gasteiger partial charge in [-0.2, -0.15) is 11.3 Å². The van der Waals surface area contributed by atoms with E-state index in [2.05, 4.69) is 4.98 Å². The van der Waals surface area contributed by atoms with Gasteiger partial charge >= 0.3 is 0 Å². The first-order chi connectivity index (χ1) is 13.1. The predicted molar refractivity (Wildman–Crippen MR) is 103 cm³/mol. The molecule has 2 aliphatic rings. The van der Waals surface area contributed by atoms with Crippen molar-refractivity contribution in [3.63, 3.8) is 0 Å². The Hall–Kier alpha value is -2.15. The summed E-state index contributed by atoms with van der Waals surface area (Å²) in [5, 5.41) is 3.82. The van der Waals surface area contributed by atoms with Crippen LogP contribution in [0.15, 0.2) is 21.2 Å². The van der Waals surface area contributed by atoms with Crippen LogP contribution in [0.2, 0.25) is 0 Å². The molecule has 2 aromatic rings. The van der Waals surface area contributed by atoms with Crippen molar-refractivity contribution in [2.75, 3.05) is 26.2 Å². The molecule has 0 unspecified atom stereocenters. The summed E-state index contributed by atoms with van der Waals surface area (Å²) in [7, 11) is 0. The number of piperidine rings is 2. The molecule has 2 aliphatic heterocycles. The summed E-state index contributed by atoms with van der Waals surface area (Å²) in [5.74, 6) is 1.51. The van der Waals surface area contributed by atoms with Gasteiger partial charge in [-0.1, -0.05) is 0 Å². The SMILES string of the molecule is Cc1oc(C2CCN(C(=O)c3ccsc3)CC2)nc1C(=O)N1CCCCC1. The summed E-state index contributed by atoms with van der Waals surface area (Å²) in [6, 6.07) is 1.87. The van der Waals surface area contributed by atoms with Crippen LogP contribution in [0.25, 0.3) is 0 Å². The molecular weight excluding hydrogens is 362 g/mol. The van der Waals surface area contributed by atoms with Crippen molar-refractivity contribution >= 4 is 23.2 Å².